The molecule has 134 valence electrons. The summed E-state index contributed by atoms with van der Waals surface area (Å²) >= 11 is 0. The number of benzene rings is 2. The minimum Gasteiger partial charge on any atom is -0.228 e. The molecule has 0 radical (unpaired) electrons. The van der Waals surface area contributed by atoms with Crippen LogP contribution >= 0.6 is 0 Å². The Balaban J connectivity index is 2.12. The zero-order valence-corrected chi connectivity index (χ0v) is 12.9. The highest BCUT2D eigenvalue weighted by molar-refractivity contribution is 5.64. The molecule has 0 aliphatic rings. The maximum atomic E-state index is 13.2. The Hall–Kier alpha value is -2.90. The van der Waals surface area contributed by atoms with Crippen molar-refractivity contribution < 1.29 is 26.3 Å². The zero-order valence-electron chi connectivity index (χ0n) is 12.9. The summed E-state index contributed by atoms with van der Waals surface area (Å²) in [5.74, 6) is -0.299. The van der Waals surface area contributed by atoms with Crippen LogP contribution in [-0.2, 0) is 12.4 Å². The van der Waals surface area contributed by atoms with Gasteiger partial charge in [-0.2, -0.15) is 26.3 Å². The first-order chi connectivity index (χ1) is 12.1. The van der Waals surface area contributed by atoms with Crippen LogP contribution in [0.4, 0.5) is 26.3 Å². The topological polar surface area (TPSA) is 25.8 Å². The van der Waals surface area contributed by atoms with E-state index in [0.29, 0.717) is 5.56 Å². The lowest BCUT2D eigenvalue weighted by atomic mass is 10.1. The van der Waals surface area contributed by atoms with Crippen LogP contribution in [0.5, 0.6) is 0 Å². The molecule has 8 heteroatoms. The Bertz CT molecular complexity index is 900. The van der Waals surface area contributed by atoms with Crippen molar-refractivity contribution in [1.82, 2.24) is 9.97 Å². The summed E-state index contributed by atoms with van der Waals surface area (Å²) in [6, 6.07) is 12.6. The molecule has 0 bridgehead atoms. The molecule has 3 rings (SSSR count). The first kappa shape index (κ1) is 17.9. The van der Waals surface area contributed by atoms with Crippen molar-refractivity contribution in [3.05, 3.63) is 71.9 Å². The molecule has 0 aliphatic heterocycles. The van der Waals surface area contributed by atoms with Gasteiger partial charge in [-0.25, -0.2) is 9.97 Å². The summed E-state index contributed by atoms with van der Waals surface area (Å²) in [6.45, 7) is 0. The number of aromatic nitrogens is 2. The molecule has 0 spiro atoms. The summed E-state index contributed by atoms with van der Waals surface area (Å²) in [6.07, 6.45) is -9.25. The van der Waals surface area contributed by atoms with E-state index in [4.69, 9.17) is 0 Å². The Labute approximate surface area is 144 Å². The SMILES string of the molecule is FC(F)(F)c1ccc(-c2nc(-c3ccccc3)cc(C(F)(F)F)n2)cc1. The van der Waals surface area contributed by atoms with Gasteiger partial charge in [0.2, 0.25) is 0 Å². The molecule has 0 aliphatic carbocycles. The lowest BCUT2D eigenvalue weighted by Crippen LogP contribution is -2.10. The third kappa shape index (κ3) is 3.84. The maximum Gasteiger partial charge on any atom is 0.433 e. The van der Waals surface area contributed by atoms with Gasteiger partial charge >= 0.3 is 12.4 Å². The van der Waals surface area contributed by atoms with E-state index in [9.17, 15) is 26.3 Å². The number of hydrogen-bond donors (Lipinski definition) is 0. The van der Waals surface area contributed by atoms with Crippen molar-refractivity contribution in [3.63, 3.8) is 0 Å². The first-order valence-electron chi connectivity index (χ1n) is 7.34. The van der Waals surface area contributed by atoms with Crippen molar-refractivity contribution in [1.29, 1.82) is 0 Å². The highest BCUT2D eigenvalue weighted by atomic mass is 19.4. The third-order valence-corrected chi connectivity index (χ3v) is 3.56. The molecule has 0 atom stereocenters. The quantitative estimate of drug-likeness (QED) is 0.531. The van der Waals surface area contributed by atoms with Crippen LogP contribution in [0.25, 0.3) is 22.6 Å². The predicted molar refractivity (Wildman–Crippen MR) is 82.9 cm³/mol. The van der Waals surface area contributed by atoms with Crippen LogP contribution in [-0.4, -0.2) is 9.97 Å². The average Bonchev–Trinajstić information content (AvgIpc) is 2.61. The molecule has 0 amide bonds. The standard InChI is InChI=1S/C18H10F6N2/c19-17(20,21)13-8-6-12(7-9-13)16-25-14(11-4-2-1-3-5-11)10-15(26-16)18(22,23)24/h1-10H. The van der Waals surface area contributed by atoms with E-state index in [1.54, 1.807) is 30.3 Å². The van der Waals surface area contributed by atoms with E-state index in [1.165, 1.54) is 0 Å². The van der Waals surface area contributed by atoms with E-state index in [-0.39, 0.29) is 17.1 Å². The van der Waals surface area contributed by atoms with Crippen LogP contribution in [0.1, 0.15) is 11.3 Å². The van der Waals surface area contributed by atoms with Crippen molar-refractivity contribution in [2.45, 2.75) is 12.4 Å². The zero-order chi connectivity index (χ0) is 18.9. The maximum absolute atomic E-state index is 13.2. The highest BCUT2D eigenvalue weighted by Crippen LogP contribution is 2.33. The number of rotatable bonds is 2. The second kappa shape index (κ2) is 6.44. The minimum atomic E-state index is -4.72. The Kier molecular flexibility index (Phi) is 4.43. The molecular weight excluding hydrogens is 358 g/mol. The summed E-state index contributed by atoms with van der Waals surface area (Å²) in [5, 5.41) is 0. The second-order valence-corrected chi connectivity index (χ2v) is 5.40. The highest BCUT2D eigenvalue weighted by Gasteiger charge is 2.34. The molecule has 26 heavy (non-hydrogen) atoms. The fraction of sp³-hybridized carbons (Fsp3) is 0.111. The second-order valence-electron chi connectivity index (χ2n) is 5.40. The van der Waals surface area contributed by atoms with Gasteiger partial charge in [-0.15, -0.1) is 0 Å². The largest absolute Gasteiger partial charge is 0.433 e. The number of nitrogens with zero attached hydrogens (tertiary/aromatic N) is 2. The molecule has 2 aromatic carbocycles. The van der Waals surface area contributed by atoms with Crippen LogP contribution in [0.2, 0.25) is 0 Å². The molecular formula is C18H10F6N2. The van der Waals surface area contributed by atoms with Gasteiger partial charge in [0, 0.05) is 11.1 Å². The summed E-state index contributed by atoms with van der Waals surface area (Å²) in [5.41, 5.74) is -1.55. The van der Waals surface area contributed by atoms with E-state index < -0.39 is 23.6 Å². The molecule has 1 aromatic heterocycles. The molecule has 0 saturated heterocycles. The van der Waals surface area contributed by atoms with Gasteiger partial charge in [0.25, 0.3) is 0 Å². The van der Waals surface area contributed by atoms with E-state index >= 15 is 0 Å². The average molecular weight is 368 g/mol. The first-order valence-corrected chi connectivity index (χ1v) is 7.34. The molecule has 0 unspecified atom stereocenters. The molecule has 0 N–H and O–H groups in total. The molecule has 2 nitrogen and oxygen atoms in total. The number of hydrogen-bond acceptors (Lipinski definition) is 2. The van der Waals surface area contributed by atoms with E-state index in [1.807, 2.05) is 0 Å². The summed E-state index contributed by atoms with van der Waals surface area (Å²) in [4.78, 5) is 7.56. The van der Waals surface area contributed by atoms with Crippen LogP contribution < -0.4 is 0 Å². The smallest absolute Gasteiger partial charge is 0.228 e. The Morgan fingerprint density at radius 3 is 1.77 bits per heavy atom. The number of alkyl halides is 6. The van der Waals surface area contributed by atoms with Crippen molar-refractivity contribution in [3.8, 4) is 22.6 Å². The van der Waals surface area contributed by atoms with Crippen LogP contribution in [0.3, 0.4) is 0 Å². The lowest BCUT2D eigenvalue weighted by molar-refractivity contribution is -0.141. The fourth-order valence-electron chi connectivity index (χ4n) is 2.29. The normalized spacial score (nSPS) is 12.2. The van der Waals surface area contributed by atoms with Crippen molar-refractivity contribution in [2.24, 2.45) is 0 Å². The number of halogens is 6. The minimum absolute atomic E-state index is 0.0304. The van der Waals surface area contributed by atoms with Crippen molar-refractivity contribution >= 4 is 0 Å². The Morgan fingerprint density at radius 1 is 0.615 bits per heavy atom. The van der Waals surface area contributed by atoms with Crippen LogP contribution in [0.15, 0.2) is 60.7 Å². The van der Waals surface area contributed by atoms with Gasteiger partial charge in [-0.1, -0.05) is 42.5 Å². The lowest BCUT2D eigenvalue weighted by Gasteiger charge is -2.12. The van der Waals surface area contributed by atoms with E-state index in [0.717, 1.165) is 30.3 Å². The summed E-state index contributed by atoms with van der Waals surface area (Å²) in [7, 11) is 0. The van der Waals surface area contributed by atoms with Crippen molar-refractivity contribution in [2.75, 3.05) is 0 Å². The van der Waals surface area contributed by atoms with E-state index in [2.05, 4.69) is 9.97 Å². The van der Waals surface area contributed by atoms with Crippen LogP contribution in [0, 0.1) is 0 Å². The monoisotopic (exact) mass is 368 g/mol. The molecule has 1 heterocycles. The summed E-state index contributed by atoms with van der Waals surface area (Å²) < 4.78 is 77.4. The van der Waals surface area contributed by atoms with Gasteiger partial charge in [0.1, 0.15) is 5.69 Å². The van der Waals surface area contributed by atoms with Gasteiger partial charge in [-0.05, 0) is 18.2 Å². The predicted octanol–water partition coefficient (Wildman–Crippen LogP) is 5.85. The van der Waals surface area contributed by atoms with Gasteiger partial charge in [0.15, 0.2) is 5.82 Å². The van der Waals surface area contributed by atoms with Gasteiger partial charge < -0.3 is 0 Å². The fourth-order valence-corrected chi connectivity index (χ4v) is 2.29. The molecule has 0 saturated carbocycles. The van der Waals surface area contributed by atoms with Gasteiger partial charge in [-0.3, -0.25) is 0 Å². The molecule has 3 aromatic rings. The third-order valence-electron chi connectivity index (χ3n) is 3.56. The molecule has 0 fully saturated rings. The Morgan fingerprint density at radius 2 is 1.23 bits per heavy atom. The van der Waals surface area contributed by atoms with Gasteiger partial charge in [0.05, 0.1) is 11.3 Å².